The Bertz CT molecular complexity index is 979. The molecular formula is C18H22BrN3O4S. The largest absolute Gasteiger partial charge is 0.379 e. The highest BCUT2D eigenvalue weighted by molar-refractivity contribution is 9.10. The Kier molecular flexibility index (Phi) is 5.76. The van der Waals surface area contributed by atoms with E-state index in [-0.39, 0.29) is 16.5 Å². The van der Waals surface area contributed by atoms with Gasteiger partial charge in [0.05, 0.1) is 13.2 Å². The van der Waals surface area contributed by atoms with Gasteiger partial charge in [-0.15, -0.1) is 0 Å². The number of hydrogen-bond acceptors (Lipinski definition) is 4. The van der Waals surface area contributed by atoms with Crippen molar-refractivity contribution in [2.45, 2.75) is 25.7 Å². The molecule has 2 heterocycles. The maximum Gasteiger partial charge on any atom is 0.272 e. The molecular weight excluding hydrogens is 434 g/mol. The van der Waals surface area contributed by atoms with Gasteiger partial charge < -0.3 is 15.0 Å². The number of rotatable bonds is 4. The molecule has 1 amide bonds. The average molecular weight is 456 g/mol. The molecule has 1 saturated heterocycles. The predicted molar refractivity (Wildman–Crippen MR) is 107 cm³/mol. The van der Waals surface area contributed by atoms with Gasteiger partial charge in [0.1, 0.15) is 10.6 Å². The lowest BCUT2D eigenvalue weighted by molar-refractivity contribution is 0.0730. The second-order valence-electron chi connectivity index (χ2n) is 6.51. The van der Waals surface area contributed by atoms with E-state index in [0.717, 1.165) is 10.0 Å². The van der Waals surface area contributed by atoms with Crippen LogP contribution < -0.4 is 5.32 Å². The van der Waals surface area contributed by atoms with Crippen LogP contribution in [0.15, 0.2) is 27.6 Å². The molecule has 27 heavy (non-hydrogen) atoms. The van der Waals surface area contributed by atoms with Crippen LogP contribution in [-0.4, -0.2) is 49.9 Å². The van der Waals surface area contributed by atoms with Gasteiger partial charge in [0.2, 0.25) is 10.0 Å². The van der Waals surface area contributed by atoms with Crippen LogP contribution in [0, 0.1) is 20.8 Å². The van der Waals surface area contributed by atoms with E-state index in [1.54, 1.807) is 19.9 Å². The van der Waals surface area contributed by atoms with Crippen molar-refractivity contribution in [2.24, 2.45) is 0 Å². The molecule has 1 aliphatic rings. The topological polar surface area (TPSA) is 91.5 Å². The number of amides is 1. The fourth-order valence-electron chi connectivity index (χ4n) is 3.18. The zero-order chi connectivity index (χ0) is 19.8. The Hall–Kier alpha value is -1.68. The van der Waals surface area contributed by atoms with Crippen molar-refractivity contribution in [3.8, 4) is 0 Å². The third-order valence-electron chi connectivity index (χ3n) is 4.58. The summed E-state index contributed by atoms with van der Waals surface area (Å²) < 4.78 is 33.6. The standard InChI is InChI=1S/C18H22BrN3O4S/c1-11-10-14(4-5-15(11)19)21-18(23)16-12(2)17(13(3)20-16)27(24,25)22-6-8-26-9-7-22/h4-5,10,20H,6-9H2,1-3H3,(H,21,23). The molecule has 9 heteroatoms. The highest BCUT2D eigenvalue weighted by Crippen LogP contribution is 2.28. The number of morpholine rings is 1. The molecule has 2 aromatic rings. The number of hydrogen-bond donors (Lipinski definition) is 2. The maximum absolute atomic E-state index is 13.0. The second-order valence-corrected chi connectivity index (χ2v) is 9.24. The number of aryl methyl sites for hydroxylation is 2. The van der Waals surface area contributed by atoms with Crippen LogP contribution in [0.5, 0.6) is 0 Å². The third-order valence-corrected chi connectivity index (χ3v) is 7.64. The van der Waals surface area contributed by atoms with Gasteiger partial charge in [-0.1, -0.05) is 15.9 Å². The molecule has 1 aromatic carbocycles. The van der Waals surface area contributed by atoms with Crippen molar-refractivity contribution in [1.29, 1.82) is 0 Å². The maximum atomic E-state index is 13.0. The molecule has 0 unspecified atom stereocenters. The number of nitrogens with one attached hydrogen (secondary N) is 2. The smallest absolute Gasteiger partial charge is 0.272 e. The van der Waals surface area contributed by atoms with E-state index in [4.69, 9.17) is 4.74 Å². The number of carbonyl (C=O) groups is 1. The number of H-pyrrole nitrogens is 1. The number of ether oxygens (including phenoxy) is 1. The quantitative estimate of drug-likeness (QED) is 0.740. The summed E-state index contributed by atoms with van der Waals surface area (Å²) in [5.41, 5.74) is 2.76. The van der Waals surface area contributed by atoms with Crippen LogP contribution >= 0.6 is 15.9 Å². The summed E-state index contributed by atoms with van der Waals surface area (Å²) in [4.78, 5) is 15.8. The van der Waals surface area contributed by atoms with E-state index in [0.29, 0.717) is 43.2 Å². The summed E-state index contributed by atoms with van der Waals surface area (Å²) in [6, 6.07) is 5.48. The Morgan fingerprint density at radius 3 is 2.52 bits per heavy atom. The van der Waals surface area contributed by atoms with Crippen LogP contribution in [0.2, 0.25) is 0 Å². The zero-order valence-electron chi connectivity index (χ0n) is 15.4. The number of benzene rings is 1. The van der Waals surface area contributed by atoms with Gasteiger partial charge in [-0.2, -0.15) is 4.31 Å². The normalized spacial score (nSPS) is 15.7. The van der Waals surface area contributed by atoms with Gasteiger partial charge in [-0.25, -0.2) is 8.42 Å². The van der Waals surface area contributed by atoms with E-state index in [1.807, 2.05) is 19.1 Å². The van der Waals surface area contributed by atoms with Gasteiger partial charge in [0.25, 0.3) is 5.91 Å². The van der Waals surface area contributed by atoms with Crippen LogP contribution in [0.4, 0.5) is 5.69 Å². The second kappa shape index (κ2) is 7.75. The monoisotopic (exact) mass is 455 g/mol. The van der Waals surface area contributed by atoms with E-state index in [1.165, 1.54) is 4.31 Å². The molecule has 0 aliphatic carbocycles. The molecule has 146 valence electrons. The van der Waals surface area contributed by atoms with Gasteiger partial charge in [-0.05, 0) is 50.1 Å². The molecule has 2 N–H and O–H groups in total. The summed E-state index contributed by atoms with van der Waals surface area (Å²) >= 11 is 3.43. The van der Waals surface area contributed by atoms with Crippen molar-refractivity contribution < 1.29 is 17.9 Å². The number of halogens is 1. The van der Waals surface area contributed by atoms with E-state index in [2.05, 4.69) is 26.2 Å². The lowest BCUT2D eigenvalue weighted by Crippen LogP contribution is -2.40. The van der Waals surface area contributed by atoms with Crippen LogP contribution in [0.3, 0.4) is 0 Å². The number of sulfonamides is 1. The summed E-state index contributed by atoms with van der Waals surface area (Å²) in [7, 11) is -3.69. The molecule has 0 bridgehead atoms. The highest BCUT2D eigenvalue weighted by atomic mass is 79.9. The van der Waals surface area contributed by atoms with Gasteiger partial charge >= 0.3 is 0 Å². The number of nitrogens with zero attached hydrogens (tertiary/aromatic N) is 1. The van der Waals surface area contributed by atoms with Crippen molar-refractivity contribution >= 4 is 37.5 Å². The van der Waals surface area contributed by atoms with Crippen molar-refractivity contribution in [2.75, 3.05) is 31.6 Å². The molecule has 1 aromatic heterocycles. The molecule has 1 aliphatic heterocycles. The minimum absolute atomic E-state index is 0.168. The van der Waals surface area contributed by atoms with Gasteiger partial charge in [0, 0.05) is 28.9 Å². The molecule has 1 fully saturated rings. The Morgan fingerprint density at radius 2 is 1.89 bits per heavy atom. The zero-order valence-corrected chi connectivity index (χ0v) is 17.8. The van der Waals surface area contributed by atoms with E-state index in [9.17, 15) is 13.2 Å². The lowest BCUT2D eigenvalue weighted by atomic mass is 10.2. The fourth-order valence-corrected chi connectivity index (χ4v) is 5.24. The van der Waals surface area contributed by atoms with Gasteiger partial charge in [0.15, 0.2) is 0 Å². The third kappa shape index (κ3) is 3.96. The first-order valence-corrected chi connectivity index (χ1v) is 10.8. The van der Waals surface area contributed by atoms with E-state index < -0.39 is 10.0 Å². The van der Waals surface area contributed by atoms with Gasteiger partial charge in [-0.3, -0.25) is 4.79 Å². The molecule has 0 saturated carbocycles. The minimum Gasteiger partial charge on any atom is -0.379 e. The molecule has 0 atom stereocenters. The molecule has 0 spiro atoms. The number of aromatic nitrogens is 1. The summed E-state index contributed by atoms with van der Waals surface area (Å²) in [5, 5.41) is 2.82. The summed E-state index contributed by atoms with van der Waals surface area (Å²) in [5.74, 6) is -0.374. The first-order chi connectivity index (χ1) is 12.7. The molecule has 3 rings (SSSR count). The predicted octanol–water partition coefficient (Wildman–Crippen LogP) is 2.98. The Labute approximate surface area is 167 Å². The average Bonchev–Trinajstić information content (AvgIpc) is 2.94. The highest BCUT2D eigenvalue weighted by Gasteiger charge is 2.32. The Balaban J connectivity index is 1.90. The summed E-state index contributed by atoms with van der Waals surface area (Å²) in [6.45, 7) is 6.62. The van der Waals surface area contributed by atoms with Crippen molar-refractivity contribution in [3.05, 3.63) is 45.2 Å². The first kappa shape index (κ1) is 20.1. The molecule has 7 nitrogen and oxygen atoms in total. The first-order valence-electron chi connectivity index (χ1n) is 8.56. The number of carbonyl (C=O) groups excluding carboxylic acids is 1. The molecule has 0 radical (unpaired) electrons. The van der Waals surface area contributed by atoms with E-state index >= 15 is 0 Å². The SMILES string of the molecule is Cc1cc(NC(=O)c2[nH]c(C)c(S(=O)(=O)N3CCOCC3)c2C)ccc1Br. The van der Waals surface area contributed by atoms with Crippen LogP contribution in [-0.2, 0) is 14.8 Å². The summed E-state index contributed by atoms with van der Waals surface area (Å²) in [6.07, 6.45) is 0. The van der Waals surface area contributed by atoms with Crippen molar-refractivity contribution in [1.82, 2.24) is 9.29 Å². The number of aromatic amines is 1. The fraction of sp³-hybridized carbons (Fsp3) is 0.389. The number of anilines is 1. The Morgan fingerprint density at radius 1 is 1.22 bits per heavy atom. The van der Waals surface area contributed by atoms with Crippen LogP contribution in [0.25, 0.3) is 0 Å². The van der Waals surface area contributed by atoms with Crippen LogP contribution in [0.1, 0.15) is 27.3 Å². The lowest BCUT2D eigenvalue weighted by Gasteiger charge is -2.26. The minimum atomic E-state index is -3.69. The van der Waals surface area contributed by atoms with Crippen molar-refractivity contribution in [3.63, 3.8) is 0 Å².